The van der Waals surface area contributed by atoms with E-state index in [2.05, 4.69) is 23.5 Å². The van der Waals surface area contributed by atoms with Crippen LogP contribution in [0.25, 0.3) is 16.2 Å². The average molecular weight is 391 g/mol. The normalized spacial score (nSPS) is 14.4. The van der Waals surface area contributed by atoms with E-state index in [9.17, 15) is 9.90 Å². The van der Waals surface area contributed by atoms with Crippen molar-refractivity contribution in [1.29, 1.82) is 5.41 Å². The fraction of sp³-hybridized carbons (Fsp3) is 0.182. The van der Waals surface area contributed by atoms with Crippen LogP contribution in [0.1, 0.15) is 39.5 Å². The van der Waals surface area contributed by atoms with Gasteiger partial charge in [-0.15, -0.1) is 11.3 Å². The van der Waals surface area contributed by atoms with Gasteiger partial charge in [-0.2, -0.15) is 0 Å². The van der Waals surface area contributed by atoms with Crippen molar-refractivity contribution in [3.8, 4) is 0 Å². The lowest BCUT2D eigenvalue weighted by molar-refractivity contribution is -0.138. The van der Waals surface area contributed by atoms with Crippen molar-refractivity contribution in [2.45, 2.75) is 25.4 Å². The zero-order valence-corrected chi connectivity index (χ0v) is 16.1. The molecule has 2 aromatic carbocycles. The van der Waals surface area contributed by atoms with E-state index in [-0.39, 0.29) is 5.84 Å². The summed E-state index contributed by atoms with van der Waals surface area (Å²) in [6.45, 7) is 1.80. The highest BCUT2D eigenvalue weighted by atomic mass is 32.1. The van der Waals surface area contributed by atoms with Crippen LogP contribution in [0.2, 0.25) is 0 Å². The van der Waals surface area contributed by atoms with E-state index in [0.29, 0.717) is 12.0 Å². The summed E-state index contributed by atoms with van der Waals surface area (Å²) in [6.07, 6.45) is 4.36. The second-order valence-electron chi connectivity index (χ2n) is 6.98. The van der Waals surface area contributed by atoms with E-state index in [4.69, 9.17) is 11.1 Å². The number of carbonyl (C=O) groups is 1. The van der Waals surface area contributed by atoms with Gasteiger partial charge in [-0.1, -0.05) is 30.4 Å². The van der Waals surface area contributed by atoms with E-state index >= 15 is 0 Å². The molecule has 0 aliphatic carbocycles. The summed E-state index contributed by atoms with van der Waals surface area (Å²) < 4.78 is 1.00. The van der Waals surface area contributed by atoms with Gasteiger partial charge in [-0.3, -0.25) is 10.2 Å². The maximum Gasteiger partial charge on any atom is 0.312 e. The van der Waals surface area contributed by atoms with E-state index in [0.717, 1.165) is 33.6 Å². The van der Waals surface area contributed by atoms with Gasteiger partial charge in [-0.05, 0) is 52.8 Å². The van der Waals surface area contributed by atoms with Crippen molar-refractivity contribution < 1.29 is 9.90 Å². The number of carboxylic acids is 1. The predicted molar refractivity (Wildman–Crippen MR) is 114 cm³/mol. The van der Waals surface area contributed by atoms with Crippen LogP contribution in [0, 0.1) is 5.41 Å². The van der Waals surface area contributed by atoms with Gasteiger partial charge < -0.3 is 16.2 Å². The molecule has 5 N–H and O–H groups in total. The molecular weight excluding hydrogens is 370 g/mol. The second-order valence-corrected chi connectivity index (χ2v) is 8.09. The molecule has 4 rings (SSSR count). The van der Waals surface area contributed by atoms with Crippen LogP contribution >= 0.6 is 11.3 Å². The van der Waals surface area contributed by atoms with Crippen LogP contribution in [-0.2, 0) is 17.9 Å². The molecule has 0 saturated heterocycles. The average Bonchev–Trinajstić information content (AvgIpc) is 3.30. The number of fused-ring (bicyclic) bond motifs is 2. The number of allylic oxidation sites excluding steroid dienone is 1. The summed E-state index contributed by atoms with van der Waals surface area (Å²) in [4.78, 5) is 12.7. The molecule has 0 fully saturated rings. The lowest BCUT2D eigenvalue weighted by Crippen LogP contribution is -2.10. The smallest absolute Gasteiger partial charge is 0.312 e. The van der Waals surface area contributed by atoms with E-state index in [1.165, 1.54) is 22.5 Å². The molecule has 1 aliphatic rings. The Bertz CT molecular complexity index is 1100. The molecule has 28 heavy (non-hydrogen) atoms. The Balaban J connectivity index is 1.55. The third kappa shape index (κ3) is 3.69. The number of nitrogens with two attached hydrogens (primary N) is 1. The summed E-state index contributed by atoms with van der Waals surface area (Å²) >= 11 is 1.48. The van der Waals surface area contributed by atoms with Crippen molar-refractivity contribution in [2.75, 3.05) is 0 Å². The topological polar surface area (TPSA) is 99.2 Å². The Kier molecular flexibility index (Phi) is 4.98. The van der Waals surface area contributed by atoms with Crippen LogP contribution < -0.4 is 11.1 Å². The third-order valence-electron chi connectivity index (χ3n) is 5.03. The number of nitrogens with one attached hydrogen (secondary N) is 2. The third-order valence-corrected chi connectivity index (χ3v) is 6.26. The second kappa shape index (κ2) is 7.58. The van der Waals surface area contributed by atoms with Gasteiger partial charge in [-0.25, -0.2) is 0 Å². The number of amidine groups is 1. The molecule has 2 heterocycles. The Morgan fingerprint density at radius 2 is 2.04 bits per heavy atom. The Hall–Kier alpha value is -2.96. The van der Waals surface area contributed by atoms with Gasteiger partial charge >= 0.3 is 5.97 Å². The quantitative estimate of drug-likeness (QED) is 0.376. The highest BCUT2D eigenvalue weighted by Gasteiger charge is 2.21. The van der Waals surface area contributed by atoms with E-state index in [1.54, 1.807) is 6.07 Å². The summed E-state index contributed by atoms with van der Waals surface area (Å²) in [7, 11) is 0. The van der Waals surface area contributed by atoms with Crippen LogP contribution in [0.4, 0.5) is 0 Å². The van der Waals surface area contributed by atoms with Crippen molar-refractivity contribution in [3.05, 3.63) is 75.7 Å². The number of nitrogen functional groups attached to an aromatic ring is 1. The molecule has 0 amide bonds. The molecule has 0 spiro atoms. The number of carboxylic acid groups (broad SMARTS) is 1. The SMILES string of the molecule is N=C(N)c1ccc2sc(C(C/C=C/c3ccc4c(c3)CNC4)C(=O)O)cc2c1. The van der Waals surface area contributed by atoms with Gasteiger partial charge in [0.1, 0.15) is 5.84 Å². The van der Waals surface area contributed by atoms with Crippen LogP contribution in [0.5, 0.6) is 0 Å². The fourth-order valence-electron chi connectivity index (χ4n) is 3.50. The number of hydrogen-bond donors (Lipinski definition) is 4. The number of rotatable bonds is 6. The zero-order valence-electron chi connectivity index (χ0n) is 15.2. The van der Waals surface area contributed by atoms with Crippen LogP contribution in [0.3, 0.4) is 0 Å². The molecular formula is C22H21N3O2S. The van der Waals surface area contributed by atoms with Gasteiger partial charge in [0.15, 0.2) is 0 Å². The molecule has 6 heteroatoms. The summed E-state index contributed by atoms with van der Waals surface area (Å²) in [5, 5.41) is 21.5. The van der Waals surface area contributed by atoms with Crippen molar-refractivity contribution >= 4 is 39.3 Å². The maximum absolute atomic E-state index is 11.9. The van der Waals surface area contributed by atoms with E-state index in [1.807, 2.05) is 30.4 Å². The molecule has 0 bridgehead atoms. The van der Waals surface area contributed by atoms with Crippen LogP contribution in [0.15, 0.2) is 48.5 Å². The summed E-state index contributed by atoms with van der Waals surface area (Å²) in [5.41, 5.74) is 9.93. The molecule has 1 aromatic heterocycles. The fourth-order valence-corrected chi connectivity index (χ4v) is 4.65. The van der Waals surface area contributed by atoms with Gasteiger partial charge in [0.05, 0.1) is 5.92 Å². The molecule has 1 unspecified atom stereocenters. The minimum Gasteiger partial charge on any atom is -0.481 e. The molecule has 3 aromatic rings. The number of benzene rings is 2. The standard InChI is InChI=1S/C22H21N3O2S/c23-21(24)14-6-7-19-16(9-14)10-20(28-19)18(22(26)27)3-1-2-13-4-5-15-11-25-12-17(15)8-13/h1-2,4-10,18,25H,3,11-12H2,(H3,23,24)(H,26,27)/b2-1+. The first-order valence-corrected chi connectivity index (χ1v) is 9.92. The monoisotopic (exact) mass is 391 g/mol. The summed E-state index contributed by atoms with van der Waals surface area (Å²) in [5.74, 6) is -1.41. The molecule has 1 atom stereocenters. The Morgan fingerprint density at radius 1 is 1.21 bits per heavy atom. The first kappa shape index (κ1) is 18.4. The zero-order chi connectivity index (χ0) is 19.7. The predicted octanol–water partition coefficient (Wildman–Crippen LogP) is 4.06. The van der Waals surface area contributed by atoms with Gasteiger partial charge in [0, 0.05) is 28.2 Å². The highest BCUT2D eigenvalue weighted by Crippen LogP contribution is 2.34. The van der Waals surface area contributed by atoms with Crippen molar-refractivity contribution in [2.24, 2.45) is 5.73 Å². The van der Waals surface area contributed by atoms with E-state index < -0.39 is 11.9 Å². The minimum atomic E-state index is -0.832. The van der Waals surface area contributed by atoms with Crippen molar-refractivity contribution in [1.82, 2.24) is 5.32 Å². The maximum atomic E-state index is 11.9. The largest absolute Gasteiger partial charge is 0.481 e. The lowest BCUT2D eigenvalue weighted by atomic mass is 10.0. The van der Waals surface area contributed by atoms with Crippen LogP contribution in [-0.4, -0.2) is 16.9 Å². The van der Waals surface area contributed by atoms with Gasteiger partial charge in [0.25, 0.3) is 0 Å². The number of aliphatic carboxylic acids is 1. The first-order valence-electron chi connectivity index (χ1n) is 9.11. The molecule has 142 valence electrons. The number of hydrogen-bond acceptors (Lipinski definition) is 4. The van der Waals surface area contributed by atoms with Crippen molar-refractivity contribution in [3.63, 3.8) is 0 Å². The lowest BCUT2D eigenvalue weighted by Gasteiger charge is -2.07. The highest BCUT2D eigenvalue weighted by molar-refractivity contribution is 7.19. The molecule has 5 nitrogen and oxygen atoms in total. The number of thiophene rings is 1. The molecule has 1 aliphatic heterocycles. The minimum absolute atomic E-state index is 0.0110. The van der Waals surface area contributed by atoms with Gasteiger partial charge in [0.2, 0.25) is 0 Å². The molecule has 0 saturated carbocycles. The Morgan fingerprint density at radius 3 is 2.82 bits per heavy atom. The molecule has 0 radical (unpaired) electrons. The first-order chi connectivity index (χ1) is 13.5. The Labute approximate surface area is 167 Å². The summed E-state index contributed by atoms with van der Waals surface area (Å²) in [6, 6.07) is 13.8.